The fourth-order valence-electron chi connectivity index (χ4n) is 1.52. The van der Waals surface area contributed by atoms with E-state index in [2.05, 4.69) is 15.5 Å². The van der Waals surface area contributed by atoms with Crippen molar-refractivity contribution in [2.75, 3.05) is 0 Å². The van der Waals surface area contributed by atoms with Crippen molar-refractivity contribution in [1.29, 1.82) is 0 Å². The van der Waals surface area contributed by atoms with E-state index in [1.807, 2.05) is 18.2 Å². The molecule has 0 fully saturated rings. The zero-order valence-corrected chi connectivity index (χ0v) is 10.2. The third-order valence-corrected chi connectivity index (χ3v) is 3.42. The molecule has 0 aliphatic heterocycles. The zero-order chi connectivity index (χ0) is 12.5. The second-order valence-electron chi connectivity index (χ2n) is 3.62. The molecule has 0 bridgehead atoms. The first-order chi connectivity index (χ1) is 8.74. The van der Waals surface area contributed by atoms with E-state index in [0.717, 1.165) is 5.39 Å². The molecule has 2 aromatic heterocycles. The Hall–Kier alpha value is -2.15. The van der Waals surface area contributed by atoms with Crippen LogP contribution in [0, 0.1) is 0 Å². The van der Waals surface area contributed by atoms with Crippen molar-refractivity contribution >= 4 is 22.7 Å². The highest BCUT2D eigenvalue weighted by atomic mass is 32.2. The van der Waals surface area contributed by atoms with E-state index in [1.54, 1.807) is 19.2 Å². The Kier molecular flexibility index (Phi) is 2.60. The standard InChI is InChI=1S/C11H8N4O2S/c1-15-11(12-13-14-15)18-9-6-7-4-2-3-5-8(7)17-10(9)16/h2-6H,1H3. The Labute approximate surface area is 106 Å². The molecule has 0 N–H and O–H groups in total. The normalized spacial score (nSPS) is 10.9. The minimum atomic E-state index is -0.387. The van der Waals surface area contributed by atoms with Gasteiger partial charge in [-0.3, -0.25) is 0 Å². The predicted molar refractivity (Wildman–Crippen MR) is 65.4 cm³/mol. The molecule has 2 heterocycles. The molecule has 0 unspecified atom stereocenters. The van der Waals surface area contributed by atoms with Crippen molar-refractivity contribution in [1.82, 2.24) is 20.2 Å². The highest BCUT2D eigenvalue weighted by Gasteiger charge is 2.10. The zero-order valence-electron chi connectivity index (χ0n) is 9.40. The number of aryl methyl sites for hydroxylation is 1. The topological polar surface area (TPSA) is 73.8 Å². The third-order valence-electron chi connectivity index (χ3n) is 2.39. The fourth-order valence-corrected chi connectivity index (χ4v) is 2.27. The van der Waals surface area contributed by atoms with Crippen molar-refractivity contribution in [2.45, 2.75) is 10.1 Å². The monoisotopic (exact) mass is 260 g/mol. The van der Waals surface area contributed by atoms with Gasteiger partial charge >= 0.3 is 5.63 Å². The van der Waals surface area contributed by atoms with Crippen LogP contribution in [0.3, 0.4) is 0 Å². The number of fused-ring (bicyclic) bond motifs is 1. The summed E-state index contributed by atoms with van der Waals surface area (Å²) in [6.07, 6.45) is 0. The van der Waals surface area contributed by atoms with Gasteiger partial charge in [0.1, 0.15) is 10.5 Å². The van der Waals surface area contributed by atoms with E-state index in [1.165, 1.54) is 16.4 Å². The van der Waals surface area contributed by atoms with Gasteiger partial charge in [-0.15, -0.1) is 5.10 Å². The van der Waals surface area contributed by atoms with Crippen molar-refractivity contribution in [3.63, 3.8) is 0 Å². The first kappa shape index (κ1) is 11.0. The molecule has 1 aromatic carbocycles. The Balaban J connectivity index is 2.09. The van der Waals surface area contributed by atoms with Gasteiger partial charge in [-0.25, -0.2) is 9.48 Å². The van der Waals surface area contributed by atoms with Crippen molar-refractivity contribution in [3.8, 4) is 0 Å². The second-order valence-corrected chi connectivity index (χ2v) is 4.63. The smallest absolute Gasteiger partial charge is 0.350 e. The van der Waals surface area contributed by atoms with Crippen molar-refractivity contribution in [2.24, 2.45) is 7.05 Å². The van der Waals surface area contributed by atoms with Gasteiger partial charge in [0.25, 0.3) is 0 Å². The maximum atomic E-state index is 11.8. The molecule has 0 amide bonds. The van der Waals surface area contributed by atoms with Crippen molar-refractivity contribution in [3.05, 3.63) is 40.8 Å². The first-order valence-electron chi connectivity index (χ1n) is 5.17. The Morgan fingerprint density at radius 1 is 1.33 bits per heavy atom. The highest BCUT2D eigenvalue weighted by molar-refractivity contribution is 7.99. The lowest BCUT2D eigenvalue weighted by molar-refractivity contribution is 0.543. The van der Waals surface area contributed by atoms with Crippen LogP contribution in [0.15, 0.2) is 49.6 Å². The minimum Gasteiger partial charge on any atom is -0.422 e. The number of rotatable bonds is 2. The van der Waals surface area contributed by atoms with Gasteiger partial charge < -0.3 is 4.42 Å². The van der Waals surface area contributed by atoms with Crippen molar-refractivity contribution < 1.29 is 4.42 Å². The average molecular weight is 260 g/mol. The summed E-state index contributed by atoms with van der Waals surface area (Å²) in [6.45, 7) is 0. The van der Waals surface area contributed by atoms with Gasteiger partial charge in [0.05, 0.1) is 0 Å². The predicted octanol–water partition coefficient (Wildman–Crippen LogP) is 1.47. The van der Waals surface area contributed by atoms with Gasteiger partial charge in [0, 0.05) is 12.4 Å². The van der Waals surface area contributed by atoms with E-state index in [-0.39, 0.29) is 5.63 Å². The quantitative estimate of drug-likeness (QED) is 0.649. The van der Waals surface area contributed by atoms with Crippen LogP contribution in [0.2, 0.25) is 0 Å². The Bertz CT molecular complexity index is 765. The fraction of sp³-hybridized carbons (Fsp3) is 0.0909. The maximum absolute atomic E-state index is 11.8. The summed E-state index contributed by atoms with van der Waals surface area (Å²) in [5.41, 5.74) is 0.185. The van der Waals surface area contributed by atoms with E-state index < -0.39 is 0 Å². The summed E-state index contributed by atoms with van der Waals surface area (Å²) >= 11 is 1.18. The number of hydrogen-bond donors (Lipinski definition) is 0. The average Bonchev–Trinajstić information content (AvgIpc) is 2.76. The molecule has 6 nitrogen and oxygen atoms in total. The van der Waals surface area contributed by atoms with Crippen LogP contribution in [-0.2, 0) is 7.05 Å². The largest absolute Gasteiger partial charge is 0.422 e. The lowest BCUT2D eigenvalue weighted by Crippen LogP contribution is -2.02. The van der Waals surface area contributed by atoms with Crippen LogP contribution in [0.5, 0.6) is 0 Å². The number of nitrogens with zero attached hydrogens (tertiary/aromatic N) is 4. The molecule has 90 valence electrons. The number of aromatic nitrogens is 4. The third kappa shape index (κ3) is 1.88. The number of tetrazole rings is 1. The van der Waals surface area contributed by atoms with Crippen LogP contribution < -0.4 is 5.63 Å². The molecule has 0 radical (unpaired) electrons. The summed E-state index contributed by atoms with van der Waals surface area (Å²) in [5, 5.41) is 12.5. The van der Waals surface area contributed by atoms with Crippen LogP contribution >= 0.6 is 11.8 Å². The summed E-state index contributed by atoms with van der Waals surface area (Å²) in [5.74, 6) is 0. The number of para-hydroxylation sites is 1. The molecular formula is C11H8N4O2S. The molecule has 18 heavy (non-hydrogen) atoms. The molecule has 0 saturated heterocycles. The molecule has 0 aliphatic carbocycles. The Morgan fingerprint density at radius 2 is 2.17 bits per heavy atom. The first-order valence-corrected chi connectivity index (χ1v) is 5.99. The molecule has 0 saturated carbocycles. The summed E-state index contributed by atoms with van der Waals surface area (Å²) in [4.78, 5) is 12.3. The molecule has 0 spiro atoms. The van der Waals surface area contributed by atoms with Gasteiger partial charge in [-0.2, -0.15) is 0 Å². The SMILES string of the molecule is Cn1nnnc1Sc1cc2ccccc2oc1=O. The Morgan fingerprint density at radius 3 is 2.94 bits per heavy atom. The van der Waals surface area contributed by atoms with E-state index in [4.69, 9.17) is 4.42 Å². The van der Waals surface area contributed by atoms with Gasteiger partial charge in [-0.05, 0) is 34.3 Å². The summed E-state index contributed by atoms with van der Waals surface area (Å²) in [7, 11) is 1.71. The minimum absolute atomic E-state index is 0.387. The summed E-state index contributed by atoms with van der Waals surface area (Å²) in [6, 6.07) is 9.14. The molecule has 0 aliphatic rings. The summed E-state index contributed by atoms with van der Waals surface area (Å²) < 4.78 is 6.73. The highest BCUT2D eigenvalue weighted by Crippen LogP contribution is 2.24. The second kappa shape index (κ2) is 4.26. The van der Waals surface area contributed by atoms with Gasteiger partial charge in [0.2, 0.25) is 5.16 Å². The lowest BCUT2D eigenvalue weighted by Gasteiger charge is -2.00. The molecule has 3 aromatic rings. The van der Waals surface area contributed by atoms with E-state index in [0.29, 0.717) is 15.6 Å². The van der Waals surface area contributed by atoms with E-state index >= 15 is 0 Å². The molecular weight excluding hydrogens is 252 g/mol. The molecule has 7 heteroatoms. The van der Waals surface area contributed by atoms with Crippen LogP contribution in [0.4, 0.5) is 0 Å². The van der Waals surface area contributed by atoms with E-state index in [9.17, 15) is 4.79 Å². The molecule has 3 rings (SSSR count). The van der Waals surface area contributed by atoms with Gasteiger partial charge in [-0.1, -0.05) is 18.2 Å². The van der Waals surface area contributed by atoms with Crippen LogP contribution in [0.25, 0.3) is 11.0 Å². The molecule has 0 atom stereocenters. The van der Waals surface area contributed by atoms with Crippen LogP contribution in [0.1, 0.15) is 0 Å². The lowest BCUT2D eigenvalue weighted by atomic mass is 10.2. The number of hydrogen-bond acceptors (Lipinski definition) is 6. The van der Waals surface area contributed by atoms with Crippen LogP contribution in [-0.4, -0.2) is 20.2 Å². The number of benzene rings is 1. The van der Waals surface area contributed by atoms with Gasteiger partial charge in [0.15, 0.2) is 0 Å². The maximum Gasteiger partial charge on any atom is 0.350 e.